The second-order valence-corrected chi connectivity index (χ2v) is 12.0. The molecule has 2 saturated heterocycles. The summed E-state index contributed by atoms with van der Waals surface area (Å²) >= 11 is 1.51. The highest BCUT2D eigenvalue weighted by Gasteiger charge is 2.41. The van der Waals surface area contributed by atoms with E-state index in [-0.39, 0.29) is 23.4 Å². The van der Waals surface area contributed by atoms with Crippen molar-refractivity contribution in [2.24, 2.45) is 0 Å². The van der Waals surface area contributed by atoms with E-state index in [1.165, 1.54) is 22.5 Å². The van der Waals surface area contributed by atoms with Crippen LogP contribution in [-0.4, -0.2) is 58.3 Å². The second-order valence-electron chi connectivity index (χ2n) is 10.8. The molecule has 3 heterocycles. The van der Waals surface area contributed by atoms with Crippen molar-refractivity contribution in [1.82, 2.24) is 20.1 Å². The zero-order chi connectivity index (χ0) is 26.7. The molecule has 2 fully saturated rings. The maximum atomic E-state index is 13.7. The summed E-state index contributed by atoms with van der Waals surface area (Å²) in [4.78, 5) is 35.9. The van der Waals surface area contributed by atoms with Crippen LogP contribution in [0.15, 0.2) is 60.7 Å². The Labute approximate surface area is 230 Å². The van der Waals surface area contributed by atoms with Crippen molar-refractivity contribution < 1.29 is 9.59 Å². The summed E-state index contributed by atoms with van der Waals surface area (Å²) in [7, 11) is 0. The van der Waals surface area contributed by atoms with E-state index in [2.05, 4.69) is 68.6 Å². The van der Waals surface area contributed by atoms with Crippen LogP contribution in [0, 0.1) is 13.8 Å². The standard InChI is InChI=1S/C31H38N4O2S/c1-22-29(38-24(3)32-22)30(37)35-17-14-27(21-28(35)20-25-10-6-4-7-11-25)34-18-15-31(16-19-34,33-23(2)36)26-12-8-5-9-13-26/h4-13,27-28H,14-21H2,1-3H3,(H,33,36)/t27-,28+/m1/s1. The minimum atomic E-state index is -0.314. The lowest BCUT2D eigenvalue weighted by Crippen LogP contribution is -2.57. The number of likely N-dealkylation sites (tertiary alicyclic amines) is 2. The average molecular weight is 531 g/mol. The minimum Gasteiger partial charge on any atom is -0.347 e. The summed E-state index contributed by atoms with van der Waals surface area (Å²) in [5, 5.41) is 4.24. The maximum Gasteiger partial charge on any atom is 0.266 e. The van der Waals surface area contributed by atoms with Gasteiger partial charge >= 0.3 is 0 Å². The Kier molecular flexibility index (Phi) is 7.96. The molecular weight excluding hydrogens is 492 g/mol. The molecule has 2 aliphatic heterocycles. The largest absolute Gasteiger partial charge is 0.347 e. The fraction of sp³-hybridized carbons (Fsp3) is 0.452. The smallest absolute Gasteiger partial charge is 0.266 e. The van der Waals surface area contributed by atoms with Crippen LogP contribution in [0.4, 0.5) is 0 Å². The number of piperidine rings is 2. The number of aromatic nitrogens is 1. The van der Waals surface area contributed by atoms with Crippen LogP contribution in [0.5, 0.6) is 0 Å². The number of rotatable bonds is 6. The van der Waals surface area contributed by atoms with E-state index in [1.807, 2.05) is 26.0 Å². The quantitative estimate of drug-likeness (QED) is 0.481. The van der Waals surface area contributed by atoms with Gasteiger partial charge in [-0.15, -0.1) is 11.3 Å². The number of aryl methyl sites for hydroxylation is 2. The SMILES string of the molecule is CC(=O)NC1(c2ccccc2)CCN([C@@H]2CCN(C(=O)c3sc(C)nc3C)[C@@H](Cc3ccccc3)C2)CC1. The van der Waals surface area contributed by atoms with Gasteiger partial charge in [0.15, 0.2) is 0 Å². The Morgan fingerprint density at radius 1 is 1.00 bits per heavy atom. The predicted octanol–water partition coefficient (Wildman–Crippen LogP) is 5.10. The van der Waals surface area contributed by atoms with Crippen molar-refractivity contribution >= 4 is 23.2 Å². The lowest BCUT2D eigenvalue weighted by Gasteiger charge is -2.48. The third kappa shape index (κ3) is 5.69. The highest BCUT2D eigenvalue weighted by atomic mass is 32.1. The lowest BCUT2D eigenvalue weighted by atomic mass is 9.79. The molecule has 1 N–H and O–H groups in total. The third-order valence-electron chi connectivity index (χ3n) is 8.27. The monoisotopic (exact) mass is 530 g/mol. The predicted molar refractivity (Wildman–Crippen MR) is 152 cm³/mol. The first-order valence-electron chi connectivity index (χ1n) is 13.7. The van der Waals surface area contributed by atoms with Crippen LogP contribution in [-0.2, 0) is 16.8 Å². The van der Waals surface area contributed by atoms with E-state index in [9.17, 15) is 9.59 Å². The Balaban J connectivity index is 1.33. The number of carbonyl (C=O) groups excluding carboxylic acids is 2. The average Bonchev–Trinajstić information content (AvgIpc) is 3.27. The van der Waals surface area contributed by atoms with Crippen LogP contribution in [0.25, 0.3) is 0 Å². The normalized spacial score (nSPS) is 21.7. The number of hydrogen-bond acceptors (Lipinski definition) is 5. The summed E-state index contributed by atoms with van der Waals surface area (Å²) in [6.45, 7) is 8.14. The van der Waals surface area contributed by atoms with Crippen molar-refractivity contribution in [1.29, 1.82) is 0 Å². The van der Waals surface area contributed by atoms with Gasteiger partial charge < -0.3 is 15.1 Å². The van der Waals surface area contributed by atoms with Crippen molar-refractivity contribution in [3.8, 4) is 0 Å². The van der Waals surface area contributed by atoms with E-state index in [4.69, 9.17) is 0 Å². The zero-order valence-corrected chi connectivity index (χ0v) is 23.5. The highest BCUT2D eigenvalue weighted by Crippen LogP contribution is 2.36. The molecule has 2 aromatic carbocycles. The number of nitrogens with one attached hydrogen (secondary N) is 1. The van der Waals surface area contributed by atoms with Crippen molar-refractivity contribution in [2.45, 2.75) is 70.5 Å². The van der Waals surface area contributed by atoms with Gasteiger partial charge in [0.05, 0.1) is 16.2 Å². The summed E-state index contributed by atoms with van der Waals surface area (Å²) in [6, 6.07) is 21.5. The van der Waals surface area contributed by atoms with Gasteiger partial charge in [-0.3, -0.25) is 9.59 Å². The number of benzene rings is 2. The van der Waals surface area contributed by atoms with Crippen molar-refractivity contribution in [3.63, 3.8) is 0 Å². The Hall–Kier alpha value is -3.03. The third-order valence-corrected chi connectivity index (χ3v) is 9.33. The molecule has 0 unspecified atom stereocenters. The van der Waals surface area contributed by atoms with Gasteiger partial charge in [0.2, 0.25) is 5.91 Å². The molecule has 0 bridgehead atoms. The molecule has 0 spiro atoms. The maximum absolute atomic E-state index is 13.7. The van der Waals surface area contributed by atoms with Gasteiger partial charge in [0.1, 0.15) is 4.88 Å². The molecule has 2 amide bonds. The summed E-state index contributed by atoms with van der Waals surface area (Å²) < 4.78 is 0. The van der Waals surface area contributed by atoms with E-state index in [0.29, 0.717) is 6.04 Å². The molecule has 6 nitrogen and oxygen atoms in total. The van der Waals surface area contributed by atoms with Crippen molar-refractivity contribution in [2.75, 3.05) is 19.6 Å². The number of amides is 2. The van der Waals surface area contributed by atoms with Crippen LogP contribution < -0.4 is 5.32 Å². The van der Waals surface area contributed by atoms with Gasteiger partial charge in [-0.25, -0.2) is 4.98 Å². The van der Waals surface area contributed by atoms with Gasteiger partial charge in [-0.05, 0) is 57.1 Å². The molecule has 3 aromatic rings. The van der Waals surface area contributed by atoms with Gasteiger partial charge in [0, 0.05) is 38.6 Å². The number of nitrogens with zero attached hydrogens (tertiary/aromatic N) is 3. The summed E-state index contributed by atoms with van der Waals surface area (Å²) in [6.07, 6.45) is 4.55. The summed E-state index contributed by atoms with van der Waals surface area (Å²) in [5.41, 5.74) is 2.97. The number of hydrogen-bond donors (Lipinski definition) is 1. The Morgan fingerprint density at radius 2 is 1.66 bits per heavy atom. The van der Waals surface area contributed by atoms with Gasteiger partial charge in [-0.1, -0.05) is 60.7 Å². The fourth-order valence-corrected chi connectivity index (χ4v) is 7.30. The lowest BCUT2D eigenvalue weighted by molar-refractivity contribution is -0.121. The highest BCUT2D eigenvalue weighted by molar-refractivity contribution is 7.13. The zero-order valence-electron chi connectivity index (χ0n) is 22.7. The van der Waals surface area contributed by atoms with E-state index in [0.717, 1.165) is 67.3 Å². The van der Waals surface area contributed by atoms with E-state index < -0.39 is 0 Å². The first kappa shape index (κ1) is 26.6. The number of thiazole rings is 1. The van der Waals surface area contributed by atoms with E-state index in [1.54, 1.807) is 6.92 Å². The molecular formula is C31H38N4O2S. The first-order chi connectivity index (χ1) is 18.3. The van der Waals surface area contributed by atoms with Crippen LogP contribution in [0.3, 0.4) is 0 Å². The van der Waals surface area contributed by atoms with Gasteiger partial charge in [0.25, 0.3) is 5.91 Å². The minimum absolute atomic E-state index is 0.0191. The first-order valence-corrected chi connectivity index (χ1v) is 14.5. The molecule has 0 aliphatic carbocycles. The number of carbonyl (C=O) groups is 2. The van der Waals surface area contributed by atoms with Crippen LogP contribution in [0.2, 0.25) is 0 Å². The Bertz CT molecular complexity index is 1250. The molecule has 0 saturated carbocycles. The molecule has 7 heteroatoms. The fourth-order valence-electron chi connectivity index (χ4n) is 6.42. The molecule has 0 radical (unpaired) electrons. The van der Waals surface area contributed by atoms with Crippen LogP contribution >= 0.6 is 11.3 Å². The van der Waals surface area contributed by atoms with E-state index >= 15 is 0 Å². The summed E-state index contributed by atoms with van der Waals surface area (Å²) in [5.74, 6) is 0.144. The second kappa shape index (κ2) is 11.4. The molecule has 2 aliphatic rings. The molecule has 38 heavy (non-hydrogen) atoms. The molecule has 1 aromatic heterocycles. The van der Waals surface area contributed by atoms with Crippen LogP contribution in [0.1, 0.15) is 64.1 Å². The van der Waals surface area contributed by atoms with Gasteiger partial charge in [-0.2, -0.15) is 0 Å². The van der Waals surface area contributed by atoms with Crippen molar-refractivity contribution in [3.05, 3.63) is 87.4 Å². The Morgan fingerprint density at radius 3 is 2.26 bits per heavy atom. The molecule has 5 rings (SSSR count). The molecule has 200 valence electrons. The molecule has 2 atom stereocenters. The topological polar surface area (TPSA) is 65.5 Å².